The van der Waals surface area contributed by atoms with Gasteiger partial charge in [0.2, 0.25) is 6.40 Å². The molecule has 0 radical (unpaired) electrons. The zero-order valence-corrected chi connectivity index (χ0v) is 10.7. The Morgan fingerprint density at radius 2 is 1.94 bits per heavy atom. The molecule has 1 atom stereocenters. The molecule has 0 saturated carbocycles. The number of aliphatic imine (C=N–C) groups is 1. The van der Waals surface area contributed by atoms with E-state index in [0.717, 1.165) is 26.1 Å². The van der Waals surface area contributed by atoms with Gasteiger partial charge in [-0.05, 0) is 24.2 Å². The van der Waals surface area contributed by atoms with Crippen LogP contribution in [0, 0.1) is 11.3 Å². The molecular formula is C12H23NO3. The minimum Gasteiger partial charge on any atom is -0.381 e. The minimum absolute atomic E-state index is 0.135. The summed E-state index contributed by atoms with van der Waals surface area (Å²) in [4.78, 5) is 13.7. The van der Waals surface area contributed by atoms with E-state index in [2.05, 4.69) is 30.7 Å². The quantitative estimate of drug-likeness (QED) is 0.322. The highest BCUT2D eigenvalue weighted by Gasteiger charge is 2.32. The summed E-state index contributed by atoms with van der Waals surface area (Å²) >= 11 is 0. The SMILES string of the molecule is COO/C=N/[C@H](C1CCOCC1)C(C)(C)C. The summed E-state index contributed by atoms with van der Waals surface area (Å²) in [6, 6.07) is 0.256. The summed E-state index contributed by atoms with van der Waals surface area (Å²) < 4.78 is 5.38. The molecule has 0 bridgehead atoms. The molecule has 1 aliphatic rings. The summed E-state index contributed by atoms with van der Waals surface area (Å²) in [7, 11) is 1.48. The third kappa shape index (κ3) is 4.10. The van der Waals surface area contributed by atoms with Crippen LogP contribution in [-0.4, -0.2) is 32.8 Å². The zero-order valence-electron chi connectivity index (χ0n) is 10.7. The normalized spacial score (nSPS) is 21.2. The summed E-state index contributed by atoms with van der Waals surface area (Å²) in [5.74, 6) is 0.574. The molecule has 0 aliphatic carbocycles. The van der Waals surface area contributed by atoms with Gasteiger partial charge < -0.3 is 9.62 Å². The molecule has 1 aliphatic heterocycles. The first-order chi connectivity index (χ1) is 7.55. The van der Waals surface area contributed by atoms with Crippen molar-refractivity contribution in [1.82, 2.24) is 0 Å². The molecule has 94 valence electrons. The van der Waals surface area contributed by atoms with E-state index in [-0.39, 0.29) is 11.5 Å². The van der Waals surface area contributed by atoms with E-state index in [4.69, 9.17) is 9.62 Å². The fraction of sp³-hybridized carbons (Fsp3) is 0.917. The van der Waals surface area contributed by atoms with Crippen LogP contribution in [0.15, 0.2) is 4.99 Å². The predicted molar refractivity (Wildman–Crippen MR) is 63.4 cm³/mol. The van der Waals surface area contributed by atoms with Crippen LogP contribution < -0.4 is 0 Å². The van der Waals surface area contributed by atoms with E-state index in [1.165, 1.54) is 13.5 Å². The first-order valence-corrected chi connectivity index (χ1v) is 5.84. The first-order valence-electron chi connectivity index (χ1n) is 5.84. The maximum atomic E-state index is 5.38. The smallest absolute Gasteiger partial charge is 0.215 e. The van der Waals surface area contributed by atoms with Crippen molar-refractivity contribution in [3.8, 4) is 0 Å². The van der Waals surface area contributed by atoms with Crippen LogP contribution in [0.1, 0.15) is 33.6 Å². The van der Waals surface area contributed by atoms with Gasteiger partial charge in [-0.3, -0.25) is 4.99 Å². The van der Waals surface area contributed by atoms with Gasteiger partial charge in [0.15, 0.2) is 0 Å². The maximum absolute atomic E-state index is 5.38. The van der Waals surface area contributed by atoms with Gasteiger partial charge in [-0.1, -0.05) is 20.8 Å². The van der Waals surface area contributed by atoms with Gasteiger partial charge >= 0.3 is 0 Å². The van der Waals surface area contributed by atoms with E-state index < -0.39 is 0 Å². The third-order valence-corrected chi connectivity index (χ3v) is 2.96. The molecule has 0 unspecified atom stereocenters. The van der Waals surface area contributed by atoms with Gasteiger partial charge in [0.1, 0.15) is 0 Å². The molecule has 0 spiro atoms. The highest BCUT2D eigenvalue weighted by Crippen LogP contribution is 2.33. The van der Waals surface area contributed by atoms with Crippen LogP contribution in [0.4, 0.5) is 0 Å². The van der Waals surface area contributed by atoms with E-state index in [1.807, 2.05) is 0 Å². The first kappa shape index (κ1) is 13.5. The van der Waals surface area contributed by atoms with Crippen molar-refractivity contribution in [3.05, 3.63) is 0 Å². The van der Waals surface area contributed by atoms with E-state index in [0.29, 0.717) is 5.92 Å². The molecule has 1 fully saturated rings. The number of hydrogen-bond donors (Lipinski definition) is 0. The van der Waals surface area contributed by atoms with Crippen molar-refractivity contribution >= 4 is 6.40 Å². The Labute approximate surface area is 97.9 Å². The van der Waals surface area contributed by atoms with Gasteiger partial charge in [-0.15, -0.1) is 0 Å². The molecule has 0 aromatic rings. The Hall–Kier alpha value is -0.610. The van der Waals surface area contributed by atoms with Crippen LogP contribution in [0.2, 0.25) is 0 Å². The number of nitrogens with zero attached hydrogens (tertiary/aromatic N) is 1. The largest absolute Gasteiger partial charge is 0.381 e. The van der Waals surface area contributed by atoms with Gasteiger partial charge in [0, 0.05) is 13.2 Å². The predicted octanol–water partition coefficient (Wildman–Crippen LogP) is 2.43. The second-order valence-electron chi connectivity index (χ2n) is 5.28. The lowest BCUT2D eigenvalue weighted by atomic mass is 9.76. The van der Waals surface area contributed by atoms with Crippen molar-refractivity contribution in [2.45, 2.75) is 39.7 Å². The monoisotopic (exact) mass is 229 g/mol. The summed E-state index contributed by atoms with van der Waals surface area (Å²) in [5.41, 5.74) is 0.135. The molecule has 4 nitrogen and oxygen atoms in total. The molecule has 0 amide bonds. The average molecular weight is 229 g/mol. The third-order valence-electron chi connectivity index (χ3n) is 2.96. The van der Waals surface area contributed by atoms with Crippen LogP contribution in [0.3, 0.4) is 0 Å². The summed E-state index contributed by atoms with van der Waals surface area (Å²) in [6.45, 7) is 8.31. The molecule has 4 heteroatoms. The van der Waals surface area contributed by atoms with Gasteiger partial charge in [0.05, 0.1) is 13.2 Å². The Kier molecular flexibility index (Phi) is 5.22. The number of hydrogen-bond acceptors (Lipinski definition) is 4. The van der Waals surface area contributed by atoms with E-state index in [1.54, 1.807) is 0 Å². The molecule has 1 heterocycles. The molecule has 1 rings (SSSR count). The molecular weight excluding hydrogens is 206 g/mol. The molecule has 16 heavy (non-hydrogen) atoms. The van der Waals surface area contributed by atoms with Crippen molar-refractivity contribution in [2.75, 3.05) is 20.3 Å². The second-order valence-corrected chi connectivity index (χ2v) is 5.28. The molecule has 0 aromatic carbocycles. The number of rotatable bonds is 4. The lowest BCUT2D eigenvalue weighted by Crippen LogP contribution is -2.36. The lowest BCUT2D eigenvalue weighted by molar-refractivity contribution is -0.188. The van der Waals surface area contributed by atoms with Crippen LogP contribution >= 0.6 is 0 Å². The van der Waals surface area contributed by atoms with Crippen molar-refractivity contribution < 1.29 is 14.5 Å². The van der Waals surface area contributed by atoms with Crippen LogP contribution in [0.25, 0.3) is 0 Å². The van der Waals surface area contributed by atoms with Gasteiger partial charge in [-0.25, -0.2) is 0 Å². The molecule has 1 saturated heterocycles. The number of ether oxygens (including phenoxy) is 1. The highest BCUT2D eigenvalue weighted by atomic mass is 17.2. The van der Waals surface area contributed by atoms with Crippen molar-refractivity contribution in [1.29, 1.82) is 0 Å². The van der Waals surface area contributed by atoms with Crippen molar-refractivity contribution in [3.63, 3.8) is 0 Å². The second kappa shape index (κ2) is 6.21. The summed E-state index contributed by atoms with van der Waals surface area (Å²) in [5, 5.41) is 0. The average Bonchev–Trinajstić information content (AvgIpc) is 2.24. The minimum atomic E-state index is 0.135. The van der Waals surface area contributed by atoms with E-state index >= 15 is 0 Å². The van der Waals surface area contributed by atoms with E-state index in [9.17, 15) is 0 Å². The van der Waals surface area contributed by atoms with Crippen LogP contribution in [-0.2, 0) is 14.5 Å². The Morgan fingerprint density at radius 3 is 2.44 bits per heavy atom. The Morgan fingerprint density at radius 1 is 1.31 bits per heavy atom. The highest BCUT2D eigenvalue weighted by molar-refractivity contribution is 5.45. The lowest BCUT2D eigenvalue weighted by Gasteiger charge is -2.35. The Bertz CT molecular complexity index is 217. The topological polar surface area (TPSA) is 40.0 Å². The fourth-order valence-corrected chi connectivity index (χ4v) is 2.22. The molecule has 0 N–H and O–H groups in total. The standard InChI is InChI=1S/C12H23NO3/c1-12(2,3)11(13-9-16-14-4)10-5-7-15-8-6-10/h9-11H,5-8H2,1-4H3/b13-9+/t11-/m1/s1. The maximum Gasteiger partial charge on any atom is 0.215 e. The van der Waals surface area contributed by atoms with Crippen molar-refractivity contribution in [2.24, 2.45) is 16.3 Å². The van der Waals surface area contributed by atoms with Gasteiger partial charge in [-0.2, -0.15) is 4.89 Å². The summed E-state index contributed by atoms with van der Waals surface area (Å²) in [6.07, 6.45) is 3.56. The van der Waals surface area contributed by atoms with Crippen LogP contribution in [0.5, 0.6) is 0 Å². The fourth-order valence-electron chi connectivity index (χ4n) is 2.22. The Balaban J connectivity index is 2.62. The molecule has 0 aromatic heterocycles. The zero-order chi connectivity index (χ0) is 12.0. The van der Waals surface area contributed by atoms with Gasteiger partial charge in [0.25, 0.3) is 0 Å².